The average molecular weight is 339 g/mol. The Labute approximate surface area is 148 Å². The number of aromatic nitrogens is 2. The van der Waals surface area contributed by atoms with Crippen LogP contribution in [0, 0.1) is 0 Å². The lowest BCUT2D eigenvalue weighted by Gasteiger charge is -2.35. The molecule has 0 aliphatic carbocycles. The molecular weight excluding hydrogens is 314 g/mol. The lowest BCUT2D eigenvalue weighted by molar-refractivity contribution is 0.0365. The van der Waals surface area contributed by atoms with Crippen LogP contribution in [0.3, 0.4) is 0 Å². The number of hydrogen-bond acceptors (Lipinski definition) is 6. The minimum Gasteiger partial charge on any atom is -0.374 e. The molecule has 132 valence electrons. The Bertz CT molecular complexity index is 719. The fourth-order valence-corrected chi connectivity index (χ4v) is 3.59. The normalized spacial score (nSPS) is 20.4. The number of rotatable bonds is 4. The maximum Gasteiger partial charge on any atom is 0.161 e. The Hall–Kier alpha value is -2.02. The van der Waals surface area contributed by atoms with Crippen molar-refractivity contribution in [2.75, 3.05) is 37.7 Å². The lowest BCUT2D eigenvalue weighted by atomic mass is 10.0. The van der Waals surface area contributed by atoms with E-state index < -0.39 is 0 Å². The molecule has 3 heterocycles. The first-order valence-electron chi connectivity index (χ1n) is 9.07. The zero-order chi connectivity index (χ0) is 17.1. The second-order valence-electron chi connectivity index (χ2n) is 6.61. The minimum atomic E-state index is 0.186. The largest absolute Gasteiger partial charge is 0.374 e. The number of ether oxygens (including phenoxy) is 1. The van der Waals surface area contributed by atoms with Crippen molar-refractivity contribution in [1.29, 1.82) is 0 Å². The maximum atomic E-state index is 5.85. The van der Waals surface area contributed by atoms with E-state index in [0.717, 1.165) is 68.5 Å². The summed E-state index contributed by atoms with van der Waals surface area (Å²) < 4.78 is 5.85. The SMILES string of the molecule is NCC[C@@H]1CN(c2nc(-c3ccccc3)nc3c2CCNC3)CCO1. The van der Waals surface area contributed by atoms with Crippen molar-refractivity contribution in [2.45, 2.75) is 25.5 Å². The molecule has 1 atom stereocenters. The van der Waals surface area contributed by atoms with Crippen LogP contribution in [-0.2, 0) is 17.7 Å². The summed E-state index contributed by atoms with van der Waals surface area (Å²) in [5, 5.41) is 3.43. The van der Waals surface area contributed by atoms with Gasteiger partial charge < -0.3 is 20.7 Å². The quantitative estimate of drug-likeness (QED) is 0.876. The van der Waals surface area contributed by atoms with Crippen LogP contribution in [0.15, 0.2) is 30.3 Å². The molecule has 6 heteroatoms. The lowest BCUT2D eigenvalue weighted by Crippen LogP contribution is -2.44. The molecule has 0 unspecified atom stereocenters. The number of benzene rings is 1. The summed E-state index contributed by atoms with van der Waals surface area (Å²) in [5.41, 5.74) is 9.19. The van der Waals surface area contributed by atoms with E-state index in [1.807, 2.05) is 18.2 Å². The Morgan fingerprint density at radius 2 is 2.12 bits per heavy atom. The fourth-order valence-electron chi connectivity index (χ4n) is 3.59. The zero-order valence-corrected chi connectivity index (χ0v) is 14.4. The summed E-state index contributed by atoms with van der Waals surface area (Å²) in [6.07, 6.45) is 2.04. The number of morpholine rings is 1. The van der Waals surface area contributed by atoms with Gasteiger partial charge in [-0.3, -0.25) is 0 Å². The van der Waals surface area contributed by atoms with Gasteiger partial charge in [0, 0.05) is 30.8 Å². The fraction of sp³-hybridized carbons (Fsp3) is 0.474. The summed E-state index contributed by atoms with van der Waals surface area (Å²) in [5.74, 6) is 1.88. The molecule has 0 radical (unpaired) electrons. The average Bonchev–Trinajstić information content (AvgIpc) is 2.68. The molecule has 2 aliphatic heterocycles. The molecule has 6 nitrogen and oxygen atoms in total. The van der Waals surface area contributed by atoms with E-state index in [4.69, 9.17) is 20.4 Å². The van der Waals surface area contributed by atoms with Crippen LogP contribution in [0.5, 0.6) is 0 Å². The Morgan fingerprint density at radius 1 is 1.24 bits per heavy atom. The topological polar surface area (TPSA) is 76.3 Å². The molecule has 1 aromatic carbocycles. The standard InChI is InChI=1S/C19H25N5O/c20-8-6-15-13-24(10-11-25-15)19-16-7-9-21-12-17(16)22-18(23-19)14-4-2-1-3-5-14/h1-5,15,21H,6-13,20H2/t15-/m1/s1. The number of nitrogens with two attached hydrogens (primary N) is 1. The van der Waals surface area contributed by atoms with Crippen LogP contribution in [-0.4, -0.2) is 48.9 Å². The predicted molar refractivity (Wildman–Crippen MR) is 98.5 cm³/mol. The minimum absolute atomic E-state index is 0.186. The van der Waals surface area contributed by atoms with E-state index >= 15 is 0 Å². The first kappa shape index (κ1) is 16.4. The van der Waals surface area contributed by atoms with Gasteiger partial charge in [-0.15, -0.1) is 0 Å². The van der Waals surface area contributed by atoms with E-state index in [1.165, 1.54) is 5.56 Å². The van der Waals surface area contributed by atoms with Crippen molar-refractivity contribution in [3.05, 3.63) is 41.6 Å². The van der Waals surface area contributed by atoms with Gasteiger partial charge in [0.15, 0.2) is 5.82 Å². The van der Waals surface area contributed by atoms with Gasteiger partial charge in [-0.05, 0) is 25.9 Å². The highest BCUT2D eigenvalue weighted by Crippen LogP contribution is 2.28. The predicted octanol–water partition coefficient (Wildman–Crippen LogP) is 1.34. The number of fused-ring (bicyclic) bond motifs is 1. The molecule has 1 aromatic heterocycles. The van der Waals surface area contributed by atoms with Crippen molar-refractivity contribution < 1.29 is 4.74 Å². The number of anilines is 1. The molecule has 3 N–H and O–H groups in total. The van der Waals surface area contributed by atoms with Crippen LogP contribution in [0.2, 0.25) is 0 Å². The summed E-state index contributed by atoms with van der Waals surface area (Å²) in [7, 11) is 0. The molecule has 0 bridgehead atoms. The zero-order valence-electron chi connectivity index (χ0n) is 14.4. The third-order valence-corrected chi connectivity index (χ3v) is 4.87. The molecule has 0 amide bonds. The first-order valence-corrected chi connectivity index (χ1v) is 9.07. The number of nitrogens with zero attached hydrogens (tertiary/aromatic N) is 3. The molecular formula is C19H25N5O. The molecule has 0 spiro atoms. The Kier molecular flexibility index (Phi) is 4.92. The van der Waals surface area contributed by atoms with Crippen LogP contribution < -0.4 is 16.0 Å². The smallest absolute Gasteiger partial charge is 0.161 e. The van der Waals surface area contributed by atoms with E-state index in [1.54, 1.807) is 0 Å². The summed E-state index contributed by atoms with van der Waals surface area (Å²) in [6.45, 7) is 4.88. The van der Waals surface area contributed by atoms with E-state index in [9.17, 15) is 0 Å². The van der Waals surface area contributed by atoms with Gasteiger partial charge in [-0.2, -0.15) is 0 Å². The van der Waals surface area contributed by atoms with E-state index in [0.29, 0.717) is 6.54 Å². The second kappa shape index (κ2) is 7.47. The summed E-state index contributed by atoms with van der Waals surface area (Å²) >= 11 is 0. The van der Waals surface area contributed by atoms with Crippen molar-refractivity contribution in [3.8, 4) is 11.4 Å². The Morgan fingerprint density at radius 3 is 2.96 bits per heavy atom. The van der Waals surface area contributed by atoms with Crippen molar-refractivity contribution in [3.63, 3.8) is 0 Å². The van der Waals surface area contributed by atoms with Gasteiger partial charge in [-0.25, -0.2) is 9.97 Å². The molecule has 2 aromatic rings. The molecule has 4 rings (SSSR count). The highest BCUT2D eigenvalue weighted by molar-refractivity contribution is 5.61. The van der Waals surface area contributed by atoms with Gasteiger partial charge in [0.2, 0.25) is 0 Å². The molecule has 25 heavy (non-hydrogen) atoms. The highest BCUT2D eigenvalue weighted by Gasteiger charge is 2.26. The van der Waals surface area contributed by atoms with Gasteiger partial charge in [0.1, 0.15) is 5.82 Å². The molecule has 2 aliphatic rings. The summed E-state index contributed by atoms with van der Waals surface area (Å²) in [4.78, 5) is 12.2. The van der Waals surface area contributed by atoms with Crippen LogP contribution in [0.4, 0.5) is 5.82 Å². The van der Waals surface area contributed by atoms with Crippen LogP contribution >= 0.6 is 0 Å². The van der Waals surface area contributed by atoms with Crippen molar-refractivity contribution in [1.82, 2.24) is 15.3 Å². The molecule has 1 saturated heterocycles. The van der Waals surface area contributed by atoms with Crippen molar-refractivity contribution >= 4 is 5.82 Å². The van der Waals surface area contributed by atoms with Gasteiger partial charge >= 0.3 is 0 Å². The number of hydrogen-bond donors (Lipinski definition) is 2. The number of nitrogens with one attached hydrogen (secondary N) is 1. The monoisotopic (exact) mass is 339 g/mol. The summed E-state index contributed by atoms with van der Waals surface area (Å²) in [6, 6.07) is 10.2. The van der Waals surface area contributed by atoms with E-state index in [2.05, 4.69) is 22.3 Å². The first-order chi connectivity index (χ1) is 12.3. The van der Waals surface area contributed by atoms with Crippen LogP contribution in [0.25, 0.3) is 11.4 Å². The van der Waals surface area contributed by atoms with Gasteiger partial charge in [-0.1, -0.05) is 30.3 Å². The molecule has 1 fully saturated rings. The third kappa shape index (κ3) is 3.51. The van der Waals surface area contributed by atoms with Gasteiger partial charge in [0.05, 0.1) is 18.4 Å². The second-order valence-corrected chi connectivity index (χ2v) is 6.61. The highest BCUT2D eigenvalue weighted by atomic mass is 16.5. The van der Waals surface area contributed by atoms with Crippen LogP contribution in [0.1, 0.15) is 17.7 Å². The third-order valence-electron chi connectivity index (χ3n) is 4.87. The maximum absolute atomic E-state index is 5.85. The van der Waals surface area contributed by atoms with Crippen molar-refractivity contribution in [2.24, 2.45) is 5.73 Å². The molecule has 0 saturated carbocycles. The van der Waals surface area contributed by atoms with E-state index in [-0.39, 0.29) is 6.10 Å². The van der Waals surface area contributed by atoms with Gasteiger partial charge in [0.25, 0.3) is 0 Å². The Balaban J connectivity index is 1.72.